The van der Waals surface area contributed by atoms with Gasteiger partial charge in [0.2, 0.25) is 0 Å². The highest BCUT2D eigenvalue weighted by Gasteiger charge is 2.30. The molecule has 31 heavy (non-hydrogen) atoms. The van der Waals surface area contributed by atoms with E-state index in [9.17, 15) is 23.1 Å². The van der Waals surface area contributed by atoms with E-state index in [0.29, 0.717) is 16.7 Å². The number of amides is 2. The van der Waals surface area contributed by atoms with E-state index in [-0.39, 0.29) is 12.3 Å². The number of carbonyl (C=O) groups excluding carboxylic acids is 1. The van der Waals surface area contributed by atoms with Crippen LogP contribution in [0.4, 0.5) is 29.3 Å². The number of aliphatic hydroxyl groups excluding tert-OH is 1. The maximum atomic E-state index is 12.7. The first-order valence-corrected chi connectivity index (χ1v) is 9.26. The molecule has 0 unspecified atom stereocenters. The topological polar surface area (TPSA) is 90.0 Å². The summed E-state index contributed by atoms with van der Waals surface area (Å²) in [6.45, 7) is -0.0788. The summed E-state index contributed by atoms with van der Waals surface area (Å²) >= 11 is 0. The number of aromatic amines is 1. The highest BCUT2D eigenvalue weighted by Crippen LogP contribution is 2.30. The third-order valence-corrected chi connectivity index (χ3v) is 4.69. The molecule has 2 aromatic carbocycles. The molecular weight excluding hydrogens is 409 g/mol. The number of urea groups is 1. The number of fused-ring (bicyclic) bond motifs is 1. The molecule has 2 aromatic heterocycles. The van der Waals surface area contributed by atoms with Crippen LogP contribution in [0.5, 0.6) is 0 Å². The summed E-state index contributed by atoms with van der Waals surface area (Å²) in [4.78, 5) is 19.7. The number of aromatic nitrogens is 2. The fourth-order valence-corrected chi connectivity index (χ4v) is 3.14. The predicted molar refractivity (Wildman–Crippen MR) is 112 cm³/mol. The standard InChI is InChI=1S/C22H17F3N4O2/c23-22(24,25)16-4-6-17(7-5-16)28-21(31)29-19-11-27-20-18(19)9-15(10-26-20)14-3-1-2-13(8-14)12-30/h1-11,30H,12H2,(H,26,27)(H2,28,29,31). The fourth-order valence-electron chi connectivity index (χ4n) is 3.14. The molecular formula is C22H17F3N4O2. The van der Waals surface area contributed by atoms with E-state index < -0.39 is 17.8 Å². The minimum absolute atomic E-state index is 0.0788. The van der Waals surface area contributed by atoms with Crippen molar-refractivity contribution in [3.05, 3.63) is 78.1 Å². The minimum atomic E-state index is -4.44. The summed E-state index contributed by atoms with van der Waals surface area (Å²) < 4.78 is 38.0. The van der Waals surface area contributed by atoms with Gasteiger partial charge in [-0.15, -0.1) is 0 Å². The van der Waals surface area contributed by atoms with Crippen molar-refractivity contribution < 1.29 is 23.1 Å². The monoisotopic (exact) mass is 426 g/mol. The smallest absolute Gasteiger partial charge is 0.392 e. The Morgan fingerprint density at radius 2 is 1.81 bits per heavy atom. The lowest BCUT2D eigenvalue weighted by atomic mass is 10.0. The number of aliphatic hydroxyl groups is 1. The second-order valence-corrected chi connectivity index (χ2v) is 6.84. The Balaban J connectivity index is 1.53. The number of H-pyrrole nitrogens is 1. The molecule has 0 radical (unpaired) electrons. The summed E-state index contributed by atoms with van der Waals surface area (Å²) in [5.41, 5.74) is 2.89. The van der Waals surface area contributed by atoms with Crippen molar-refractivity contribution in [3.8, 4) is 11.1 Å². The van der Waals surface area contributed by atoms with Crippen LogP contribution in [0.2, 0.25) is 0 Å². The Kier molecular flexibility index (Phi) is 5.35. The van der Waals surface area contributed by atoms with E-state index >= 15 is 0 Å². The normalized spacial score (nSPS) is 11.5. The van der Waals surface area contributed by atoms with Crippen LogP contribution >= 0.6 is 0 Å². The van der Waals surface area contributed by atoms with Crippen LogP contribution in [0.1, 0.15) is 11.1 Å². The number of rotatable bonds is 4. The summed E-state index contributed by atoms with van der Waals surface area (Å²) in [7, 11) is 0. The summed E-state index contributed by atoms with van der Waals surface area (Å²) in [5.74, 6) is 0. The third-order valence-electron chi connectivity index (χ3n) is 4.69. The Morgan fingerprint density at radius 1 is 1.03 bits per heavy atom. The number of carbonyl (C=O) groups is 1. The fraction of sp³-hybridized carbons (Fsp3) is 0.0909. The lowest BCUT2D eigenvalue weighted by molar-refractivity contribution is -0.137. The van der Waals surface area contributed by atoms with Crippen molar-refractivity contribution in [2.24, 2.45) is 0 Å². The van der Waals surface area contributed by atoms with Gasteiger partial charge in [0.05, 0.1) is 17.9 Å². The summed E-state index contributed by atoms with van der Waals surface area (Å²) in [6, 6.07) is 12.8. The van der Waals surface area contributed by atoms with E-state index in [4.69, 9.17) is 0 Å². The van der Waals surface area contributed by atoms with Gasteiger partial charge < -0.3 is 20.7 Å². The molecule has 4 rings (SSSR count). The molecule has 0 saturated carbocycles. The second-order valence-electron chi connectivity index (χ2n) is 6.84. The van der Waals surface area contributed by atoms with Crippen molar-refractivity contribution in [3.63, 3.8) is 0 Å². The van der Waals surface area contributed by atoms with E-state index in [1.54, 1.807) is 12.4 Å². The molecule has 0 saturated heterocycles. The van der Waals surface area contributed by atoms with Crippen LogP contribution in [0.15, 0.2) is 67.0 Å². The SMILES string of the molecule is O=C(Nc1ccc(C(F)(F)F)cc1)Nc1c[nH]c2ncc(-c3cccc(CO)c3)cc12. The lowest BCUT2D eigenvalue weighted by Crippen LogP contribution is -2.19. The van der Waals surface area contributed by atoms with Crippen molar-refractivity contribution in [2.45, 2.75) is 12.8 Å². The molecule has 0 aliphatic rings. The van der Waals surface area contributed by atoms with Gasteiger partial charge in [-0.25, -0.2) is 9.78 Å². The molecule has 0 spiro atoms. The van der Waals surface area contributed by atoms with E-state index in [0.717, 1.165) is 28.8 Å². The zero-order chi connectivity index (χ0) is 22.0. The molecule has 6 nitrogen and oxygen atoms in total. The van der Waals surface area contributed by atoms with Crippen LogP contribution < -0.4 is 10.6 Å². The number of alkyl halides is 3. The molecule has 4 N–H and O–H groups in total. The first kappa shape index (κ1) is 20.4. The molecule has 0 bridgehead atoms. The second kappa shape index (κ2) is 8.11. The molecule has 0 atom stereocenters. The molecule has 2 heterocycles. The molecule has 0 aliphatic heterocycles. The molecule has 158 valence electrons. The first-order chi connectivity index (χ1) is 14.8. The van der Waals surface area contributed by atoms with Crippen LogP contribution in [-0.4, -0.2) is 21.1 Å². The maximum absolute atomic E-state index is 12.7. The average Bonchev–Trinajstić information content (AvgIpc) is 3.15. The van der Waals surface area contributed by atoms with E-state index in [1.807, 2.05) is 30.3 Å². The molecule has 4 aromatic rings. The van der Waals surface area contributed by atoms with Gasteiger partial charge in [0.25, 0.3) is 0 Å². The van der Waals surface area contributed by atoms with E-state index in [1.165, 1.54) is 12.1 Å². The van der Waals surface area contributed by atoms with E-state index in [2.05, 4.69) is 20.6 Å². The van der Waals surface area contributed by atoms with Gasteiger partial charge >= 0.3 is 12.2 Å². The van der Waals surface area contributed by atoms with Crippen molar-refractivity contribution in [2.75, 3.05) is 10.6 Å². The van der Waals surface area contributed by atoms with Crippen molar-refractivity contribution >= 4 is 28.4 Å². The Labute approximate surface area is 174 Å². The summed E-state index contributed by atoms with van der Waals surface area (Å²) in [6.07, 6.45) is -1.18. The Morgan fingerprint density at radius 3 is 2.52 bits per heavy atom. The van der Waals surface area contributed by atoms with Gasteiger partial charge in [-0.1, -0.05) is 18.2 Å². The molecule has 0 fully saturated rings. The number of pyridine rings is 1. The Hall–Kier alpha value is -3.85. The van der Waals surface area contributed by atoms with Crippen LogP contribution in [0, 0.1) is 0 Å². The highest BCUT2D eigenvalue weighted by atomic mass is 19.4. The van der Waals surface area contributed by atoms with Crippen molar-refractivity contribution in [1.82, 2.24) is 9.97 Å². The number of halogens is 3. The van der Waals surface area contributed by atoms with Gasteiger partial charge in [-0.2, -0.15) is 13.2 Å². The van der Waals surface area contributed by atoms with Gasteiger partial charge in [0.1, 0.15) is 5.65 Å². The first-order valence-electron chi connectivity index (χ1n) is 9.26. The van der Waals surface area contributed by atoms with Crippen LogP contribution in [0.3, 0.4) is 0 Å². The van der Waals surface area contributed by atoms with Gasteiger partial charge in [-0.05, 0) is 47.5 Å². The molecule has 9 heteroatoms. The number of hydrogen-bond donors (Lipinski definition) is 4. The highest BCUT2D eigenvalue weighted by molar-refractivity contribution is 6.05. The van der Waals surface area contributed by atoms with Gasteiger partial charge in [-0.3, -0.25) is 0 Å². The quantitative estimate of drug-likeness (QED) is 0.353. The molecule has 0 aliphatic carbocycles. The average molecular weight is 426 g/mol. The van der Waals surface area contributed by atoms with Gasteiger partial charge in [0, 0.05) is 29.0 Å². The van der Waals surface area contributed by atoms with Crippen molar-refractivity contribution in [1.29, 1.82) is 0 Å². The van der Waals surface area contributed by atoms with Crippen LogP contribution in [-0.2, 0) is 12.8 Å². The predicted octanol–water partition coefficient (Wildman–Crippen LogP) is 5.39. The third kappa shape index (κ3) is 4.51. The Bertz CT molecular complexity index is 1230. The number of benzene rings is 2. The number of anilines is 2. The zero-order valence-electron chi connectivity index (χ0n) is 16.0. The maximum Gasteiger partial charge on any atom is 0.416 e. The molecule has 2 amide bonds. The minimum Gasteiger partial charge on any atom is -0.392 e. The largest absolute Gasteiger partial charge is 0.416 e. The number of nitrogens with zero attached hydrogens (tertiary/aromatic N) is 1. The lowest BCUT2D eigenvalue weighted by Gasteiger charge is -2.10. The zero-order valence-corrected chi connectivity index (χ0v) is 16.0. The van der Waals surface area contributed by atoms with Crippen LogP contribution in [0.25, 0.3) is 22.2 Å². The summed E-state index contributed by atoms with van der Waals surface area (Å²) in [5, 5.41) is 15.2. The number of hydrogen-bond acceptors (Lipinski definition) is 3. The van der Waals surface area contributed by atoms with Gasteiger partial charge in [0.15, 0.2) is 0 Å². The number of nitrogens with one attached hydrogen (secondary N) is 3.